The maximum absolute atomic E-state index is 5.66. The van der Waals surface area contributed by atoms with Crippen molar-refractivity contribution in [1.29, 1.82) is 0 Å². The fourth-order valence-electron chi connectivity index (χ4n) is 4.45. The van der Waals surface area contributed by atoms with Gasteiger partial charge in [-0.25, -0.2) is 4.98 Å². The molecular weight excluding hydrogens is 387 g/mol. The van der Waals surface area contributed by atoms with Gasteiger partial charge in [0, 0.05) is 17.3 Å². The Hall–Kier alpha value is -2.01. The van der Waals surface area contributed by atoms with Crippen LogP contribution < -0.4 is 15.7 Å². The molecule has 1 aliphatic rings. The van der Waals surface area contributed by atoms with E-state index in [1.54, 1.807) is 13.4 Å². The zero-order valence-electron chi connectivity index (χ0n) is 19.1. The molecule has 4 rings (SSSR count). The molecule has 1 aliphatic carbocycles. The van der Waals surface area contributed by atoms with E-state index in [1.165, 1.54) is 53.6 Å². The molecule has 1 aromatic carbocycles. The molecule has 0 aliphatic heterocycles. The minimum Gasteiger partial charge on any atom is -0.497 e. The van der Waals surface area contributed by atoms with Gasteiger partial charge < -0.3 is 9.72 Å². The van der Waals surface area contributed by atoms with Gasteiger partial charge in [-0.15, -0.1) is 11.3 Å². The number of aromatic amines is 1. The van der Waals surface area contributed by atoms with Gasteiger partial charge in [0.25, 0.3) is 0 Å². The average molecular weight is 422 g/mol. The summed E-state index contributed by atoms with van der Waals surface area (Å²) in [6.07, 6.45) is 10.4. The minimum absolute atomic E-state index is 0.205. The highest BCUT2D eigenvalue weighted by atomic mass is 32.1. The van der Waals surface area contributed by atoms with Crippen LogP contribution in [0.2, 0.25) is 5.82 Å². The monoisotopic (exact) mass is 422 g/mol. The number of H-pyrrole nitrogens is 1. The van der Waals surface area contributed by atoms with Crippen molar-refractivity contribution in [3.05, 3.63) is 58.8 Å². The number of ether oxygens (including phenoxy) is 1. The fraction of sp³-hybridized carbons (Fsp3) is 0.480. The molecule has 2 aromatic heterocycles. The van der Waals surface area contributed by atoms with Gasteiger partial charge in [0.1, 0.15) is 5.75 Å². The molecule has 1 N–H and O–H groups in total. The molecule has 5 heteroatoms. The molecule has 1 fully saturated rings. The number of nitrogens with zero attached hydrogens (tertiary/aromatic N) is 1. The Morgan fingerprint density at radius 2 is 1.80 bits per heavy atom. The van der Waals surface area contributed by atoms with Crippen LogP contribution in [-0.2, 0) is 5.41 Å². The van der Waals surface area contributed by atoms with Crippen LogP contribution in [0.1, 0.15) is 63.4 Å². The third-order valence-electron chi connectivity index (χ3n) is 6.14. The van der Waals surface area contributed by atoms with Gasteiger partial charge in [-0.05, 0) is 28.7 Å². The topological polar surface area (TPSA) is 37.9 Å². The summed E-state index contributed by atoms with van der Waals surface area (Å²) in [5.41, 5.74) is 4.27. The number of para-hydroxylation sites is 1. The van der Waals surface area contributed by atoms with Crippen LogP contribution in [0.5, 0.6) is 5.75 Å². The number of thiophene rings is 1. The van der Waals surface area contributed by atoms with E-state index in [-0.39, 0.29) is 5.41 Å². The van der Waals surface area contributed by atoms with E-state index < -0.39 is 0 Å². The third kappa shape index (κ3) is 5.57. The molecule has 3 nitrogen and oxygen atoms in total. The number of nitrogens with one attached hydrogen (secondary N) is 1. The van der Waals surface area contributed by atoms with Crippen molar-refractivity contribution in [1.82, 2.24) is 9.97 Å². The van der Waals surface area contributed by atoms with E-state index in [9.17, 15) is 0 Å². The molecule has 0 bridgehead atoms. The number of aryl methyl sites for hydroxylation is 1. The van der Waals surface area contributed by atoms with Crippen LogP contribution in [0.4, 0.5) is 0 Å². The third-order valence-corrected chi connectivity index (χ3v) is 7.00. The molecule has 2 heterocycles. The Bertz CT molecular complexity index is 892. The van der Waals surface area contributed by atoms with Gasteiger partial charge >= 0.3 is 0 Å². The molecule has 0 atom stereocenters. The smallest absolute Gasteiger partial charge is 0.218 e. The first-order chi connectivity index (χ1) is 14.4. The number of methoxy groups -OCH3 is 1. The van der Waals surface area contributed by atoms with Gasteiger partial charge in [-0.3, -0.25) is 0 Å². The van der Waals surface area contributed by atoms with Crippen molar-refractivity contribution in [3.63, 3.8) is 0 Å². The van der Waals surface area contributed by atoms with Crippen LogP contribution in [0, 0.1) is 6.92 Å². The van der Waals surface area contributed by atoms with Gasteiger partial charge in [-0.2, -0.15) is 0 Å². The maximum Gasteiger partial charge on any atom is 0.218 e. The predicted molar refractivity (Wildman–Crippen MR) is 131 cm³/mol. The quantitative estimate of drug-likeness (QED) is 0.547. The standard InChI is InChI=1S/C18H23BOS.C7H12N2/c1-14-16(12-13-21-14)19(15-8-4-3-5-9-15)17-10-6-7-11-18(17)20-2;1-7(2,3)6-4-8-5-9-6/h6-7,10-13,15H,3-5,8-9H2,1-2H3;4-5H,1-3H3,(H,8,9). The SMILES string of the molecule is CC(C)(C)c1cnc[nH]1.COc1ccccc1B(c1ccsc1C)C1CCCCC1. The van der Waals surface area contributed by atoms with E-state index >= 15 is 0 Å². The largest absolute Gasteiger partial charge is 0.497 e. The van der Waals surface area contributed by atoms with E-state index in [0.29, 0.717) is 6.71 Å². The summed E-state index contributed by atoms with van der Waals surface area (Å²) >= 11 is 1.86. The second-order valence-electron chi connectivity index (χ2n) is 9.27. The molecule has 0 radical (unpaired) electrons. The van der Waals surface area contributed by atoms with E-state index in [2.05, 4.69) is 73.4 Å². The van der Waals surface area contributed by atoms with Crippen molar-refractivity contribution >= 4 is 29.0 Å². The minimum atomic E-state index is 0.205. The van der Waals surface area contributed by atoms with E-state index in [1.807, 2.05) is 17.5 Å². The van der Waals surface area contributed by atoms with Gasteiger partial charge in [0.2, 0.25) is 6.71 Å². The number of rotatable bonds is 4. The highest BCUT2D eigenvalue weighted by molar-refractivity contribution is 7.12. The second kappa shape index (κ2) is 10.3. The summed E-state index contributed by atoms with van der Waals surface area (Å²) in [5.74, 6) is 1.79. The Balaban J connectivity index is 0.000000239. The summed E-state index contributed by atoms with van der Waals surface area (Å²) in [6.45, 7) is 9.21. The molecule has 30 heavy (non-hydrogen) atoms. The first-order valence-corrected chi connectivity index (χ1v) is 12.0. The zero-order valence-corrected chi connectivity index (χ0v) is 19.9. The molecule has 3 aromatic rings. The van der Waals surface area contributed by atoms with E-state index in [4.69, 9.17) is 4.74 Å². The van der Waals surface area contributed by atoms with Crippen LogP contribution in [0.15, 0.2) is 48.2 Å². The lowest BCUT2D eigenvalue weighted by Gasteiger charge is -2.29. The lowest BCUT2D eigenvalue weighted by atomic mass is 9.31. The summed E-state index contributed by atoms with van der Waals surface area (Å²) in [5, 5.41) is 2.23. The molecule has 0 amide bonds. The maximum atomic E-state index is 5.66. The van der Waals surface area contributed by atoms with Crippen LogP contribution in [0.3, 0.4) is 0 Å². The Morgan fingerprint density at radius 3 is 2.33 bits per heavy atom. The average Bonchev–Trinajstić information content (AvgIpc) is 3.43. The first kappa shape index (κ1) is 22.7. The molecule has 1 saturated carbocycles. The first-order valence-electron chi connectivity index (χ1n) is 11.1. The lowest BCUT2D eigenvalue weighted by molar-refractivity contribution is 0.417. The number of hydrogen-bond donors (Lipinski definition) is 1. The Kier molecular flexibility index (Phi) is 7.82. The summed E-state index contributed by atoms with van der Waals surface area (Å²) in [4.78, 5) is 8.45. The number of benzene rings is 1. The Morgan fingerprint density at radius 1 is 1.07 bits per heavy atom. The number of hydrogen-bond acceptors (Lipinski definition) is 3. The van der Waals surface area contributed by atoms with Crippen molar-refractivity contribution in [2.75, 3.05) is 7.11 Å². The fourth-order valence-corrected chi connectivity index (χ4v) is 5.20. The van der Waals surface area contributed by atoms with Crippen molar-refractivity contribution in [2.45, 2.75) is 71.0 Å². The normalized spacial score (nSPS) is 14.7. The predicted octanol–water partition coefficient (Wildman–Crippen LogP) is 5.72. The van der Waals surface area contributed by atoms with Crippen molar-refractivity contribution < 1.29 is 4.74 Å². The van der Waals surface area contributed by atoms with Gasteiger partial charge in [0.15, 0.2) is 0 Å². The number of aromatic nitrogens is 2. The summed E-state index contributed by atoms with van der Waals surface area (Å²) < 4.78 is 5.66. The van der Waals surface area contributed by atoms with Crippen molar-refractivity contribution in [2.24, 2.45) is 0 Å². The van der Waals surface area contributed by atoms with Crippen LogP contribution in [-0.4, -0.2) is 23.8 Å². The Labute approximate surface area is 186 Å². The molecule has 0 saturated heterocycles. The molecular formula is C25H35BN2OS. The van der Waals surface area contributed by atoms with Gasteiger partial charge in [-0.1, -0.05) is 88.4 Å². The summed E-state index contributed by atoms with van der Waals surface area (Å²) in [7, 11) is 1.79. The molecule has 0 unspecified atom stereocenters. The van der Waals surface area contributed by atoms with E-state index in [0.717, 1.165) is 11.6 Å². The van der Waals surface area contributed by atoms with Gasteiger partial charge in [0.05, 0.1) is 13.4 Å². The lowest BCUT2D eigenvalue weighted by Crippen LogP contribution is -2.47. The van der Waals surface area contributed by atoms with Crippen LogP contribution >= 0.6 is 11.3 Å². The summed E-state index contributed by atoms with van der Waals surface area (Å²) in [6, 6.07) is 10.9. The zero-order chi connectivity index (χ0) is 21.6. The second-order valence-corrected chi connectivity index (χ2v) is 10.4. The highest BCUT2D eigenvalue weighted by Crippen LogP contribution is 2.32. The number of imidazole rings is 1. The molecule has 0 spiro atoms. The highest BCUT2D eigenvalue weighted by Gasteiger charge is 2.33. The van der Waals surface area contributed by atoms with Crippen molar-refractivity contribution in [3.8, 4) is 5.75 Å². The molecule has 160 valence electrons. The van der Waals surface area contributed by atoms with Crippen LogP contribution in [0.25, 0.3) is 0 Å².